The quantitative estimate of drug-likeness (QED) is 0.401. The van der Waals surface area contributed by atoms with Crippen LogP contribution in [0, 0.1) is 5.92 Å². The number of carboxylic acids is 1. The molecule has 0 saturated carbocycles. The van der Waals surface area contributed by atoms with Gasteiger partial charge in [0.25, 0.3) is 0 Å². The number of esters is 1. The number of hydrogen-bond acceptors (Lipinski definition) is 4. The molecule has 15 heavy (non-hydrogen) atoms. The van der Waals surface area contributed by atoms with E-state index in [0.717, 1.165) is 0 Å². The van der Waals surface area contributed by atoms with Gasteiger partial charge in [-0.3, -0.25) is 14.4 Å². The topological polar surface area (TPSA) is 80.7 Å². The number of carboxylic acid groups (broad SMARTS) is 1. The predicted molar refractivity (Wildman–Crippen MR) is 52.2 cm³/mol. The van der Waals surface area contributed by atoms with E-state index in [4.69, 9.17) is 5.11 Å². The molecular weight excluding hydrogens is 200 g/mol. The first-order valence-corrected chi connectivity index (χ1v) is 4.45. The van der Waals surface area contributed by atoms with Crippen LogP contribution in [-0.4, -0.2) is 30.4 Å². The predicted octanol–water partition coefficient (Wildman–Crippen LogP) is 0.786. The minimum absolute atomic E-state index is 0.0960. The maximum absolute atomic E-state index is 11.0. The van der Waals surface area contributed by atoms with Crippen molar-refractivity contribution >= 4 is 18.2 Å². The number of allylic oxidation sites excluding steroid dienone is 2. The van der Waals surface area contributed by atoms with Gasteiger partial charge in [0.1, 0.15) is 6.29 Å². The van der Waals surface area contributed by atoms with Gasteiger partial charge in [0.05, 0.1) is 20.0 Å². The number of rotatable bonds is 6. The zero-order chi connectivity index (χ0) is 11.8. The summed E-state index contributed by atoms with van der Waals surface area (Å²) >= 11 is 0. The minimum atomic E-state index is -1.05. The van der Waals surface area contributed by atoms with Gasteiger partial charge in [-0.05, 0) is 12.5 Å². The third kappa shape index (κ3) is 4.95. The number of carbonyl (C=O) groups is 3. The molecule has 0 aromatic rings. The summed E-state index contributed by atoms with van der Waals surface area (Å²) < 4.78 is 4.43. The largest absolute Gasteiger partial charge is 0.481 e. The fourth-order valence-corrected chi connectivity index (χ4v) is 1.20. The highest BCUT2D eigenvalue weighted by molar-refractivity contribution is 5.80. The molecule has 0 aromatic heterocycles. The first-order chi connectivity index (χ1) is 7.04. The molecule has 5 heteroatoms. The number of hydrogen-bond donors (Lipinski definition) is 1. The summed E-state index contributed by atoms with van der Waals surface area (Å²) in [6.45, 7) is 1.62. The summed E-state index contributed by atoms with van der Waals surface area (Å²) in [4.78, 5) is 32.1. The Labute approximate surface area is 87.7 Å². The Morgan fingerprint density at radius 2 is 2.00 bits per heavy atom. The third-order valence-corrected chi connectivity index (χ3v) is 2.00. The van der Waals surface area contributed by atoms with E-state index in [1.807, 2.05) is 0 Å². The average molecular weight is 214 g/mol. The van der Waals surface area contributed by atoms with Crippen molar-refractivity contribution in [3.63, 3.8) is 0 Å². The van der Waals surface area contributed by atoms with Crippen molar-refractivity contribution in [2.75, 3.05) is 7.11 Å². The molecule has 84 valence electrons. The lowest BCUT2D eigenvalue weighted by atomic mass is 9.93. The molecule has 0 saturated heterocycles. The van der Waals surface area contributed by atoms with Gasteiger partial charge in [0.15, 0.2) is 0 Å². The molecule has 0 radical (unpaired) electrons. The molecular formula is C10H14O5. The highest BCUT2D eigenvalue weighted by Crippen LogP contribution is 2.18. The van der Waals surface area contributed by atoms with Crippen LogP contribution in [0.4, 0.5) is 0 Å². The maximum Gasteiger partial charge on any atom is 0.306 e. The second-order valence-electron chi connectivity index (χ2n) is 2.98. The Kier molecular flexibility index (Phi) is 6.01. The Morgan fingerprint density at radius 1 is 1.40 bits per heavy atom. The van der Waals surface area contributed by atoms with Crippen molar-refractivity contribution in [3.05, 3.63) is 11.6 Å². The molecule has 0 amide bonds. The van der Waals surface area contributed by atoms with Gasteiger partial charge in [-0.1, -0.05) is 6.08 Å². The molecule has 0 aliphatic rings. The van der Waals surface area contributed by atoms with Crippen molar-refractivity contribution in [2.24, 2.45) is 5.92 Å². The van der Waals surface area contributed by atoms with Crippen LogP contribution in [0.3, 0.4) is 0 Å². The Hall–Kier alpha value is -1.65. The minimum Gasteiger partial charge on any atom is -0.481 e. The van der Waals surface area contributed by atoms with E-state index < -0.39 is 17.9 Å². The lowest BCUT2D eigenvalue weighted by molar-refractivity contribution is -0.142. The van der Waals surface area contributed by atoms with Gasteiger partial charge >= 0.3 is 11.9 Å². The maximum atomic E-state index is 11.0. The van der Waals surface area contributed by atoms with Gasteiger partial charge in [-0.2, -0.15) is 0 Å². The highest BCUT2D eigenvalue weighted by atomic mass is 16.5. The summed E-state index contributed by atoms with van der Waals surface area (Å²) in [6.07, 6.45) is 1.72. The monoisotopic (exact) mass is 214 g/mol. The van der Waals surface area contributed by atoms with E-state index in [9.17, 15) is 14.4 Å². The Balaban J connectivity index is 4.63. The molecule has 1 unspecified atom stereocenters. The fraction of sp³-hybridized carbons (Fsp3) is 0.500. The molecule has 5 nitrogen and oxygen atoms in total. The molecule has 1 N–H and O–H groups in total. The van der Waals surface area contributed by atoms with Crippen LogP contribution in [-0.2, 0) is 19.1 Å². The van der Waals surface area contributed by atoms with E-state index in [1.165, 1.54) is 13.2 Å². The average Bonchev–Trinajstić information content (AvgIpc) is 2.18. The van der Waals surface area contributed by atoms with Crippen LogP contribution in [0.25, 0.3) is 0 Å². The van der Waals surface area contributed by atoms with Crippen LogP contribution in [0.1, 0.15) is 19.8 Å². The molecule has 0 rings (SSSR count). The summed E-state index contributed by atoms with van der Waals surface area (Å²) in [5.74, 6) is -2.19. The van der Waals surface area contributed by atoms with Crippen molar-refractivity contribution in [1.29, 1.82) is 0 Å². The van der Waals surface area contributed by atoms with Crippen LogP contribution >= 0.6 is 0 Å². The third-order valence-electron chi connectivity index (χ3n) is 2.00. The van der Waals surface area contributed by atoms with E-state index in [1.54, 1.807) is 6.92 Å². The zero-order valence-corrected chi connectivity index (χ0v) is 8.73. The van der Waals surface area contributed by atoms with Crippen LogP contribution < -0.4 is 0 Å². The second kappa shape index (κ2) is 6.75. The van der Waals surface area contributed by atoms with E-state index in [2.05, 4.69) is 4.74 Å². The molecule has 0 spiro atoms. The van der Waals surface area contributed by atoms with Crippen LogP contribution in [0.5, 0.6) is 0 Å². The number of carbonyl (C=O) groups excluding carboxylic acids is 2. The van der Waals surface area contributed by atoms with Gasteiger partial charge in [0.2, 0.25) is 0 Å². The normalized spacial score (nSPS) is 13.1. The van der Waals surface area contributed by atoms with E-state index in [0.29, 0.717) is 11.9 Å². The molecule has 0 aliphatic heterocycles. The molecule has 0 aliphatic carbocycles. The first kappa shape index (κ1) is 13.4. The summed E-state index contributed by atoms with van der Waals surface area (Å²) in [7, 11) is 1.22. The summed E-state index contributed by atoms with van der Waals surface area (Å²) in [5, 5.41) is 8.61. The van der Waals surface area contributed by atoms with Crippen molar-refractivity contribution < 1.29 is 24.2 Å². The smallest absolute Gasteiger partial charge is 0.306 e. The number of aliphatic carboxylic acids is 1. The number of methoxy groups -OCH3 is 1. The van der Waals surface area contributed by atoms with Crippen molar-refractivity contribution in [1.82, 2.24) is 0 Å². The van der Waals surface area contributed by atoms with Gasteiger partial charge in [0, 0.05) is 5.92 Å². The van der Waals surface area contributed by atoms with Gasteiger partial charge < -0.3 is 9.84 Å². The Morgan fingerprint density at radius 3 is 2.33 bits per heavy atom. The summed E-state index contributed by atoms with van der Waals surface area (Å²) in [6, 6.07) is 0. The lowest BCUT2D eigenvalue weighted by Crippen LogP contribution is -2.16. The molecule has 0 aromatic carbocycles. The van der Waals surface area contributed by atoms with E-state index in [-0.39, 0.29) is 12.8 Å². The molecule has 0 bridgehead atoms. The Bertz CT molecular complexity index is 280. The first-order valence-electron chi connectivity index (χ1n) is 4.45. The van der Waals surface area contributed by atoms with Crippen molar-refractivity contribution in [3.8, 4) is 0 Å². The zero-order valence-electron chi connectivity index (χ0n) is 8.73. The molecule has 0 fully saturated rings. The highest BCUT2D eigenvalue weighted by Gasteiger charge is 2.20. The standard InChI is InChI=1S/C10H14O5/c1-3-7(6-11)8(4-9(12)13)5-10(14)15-2/h3,6,8H,4-5H2,1-2H3,(H,12,13)/b7-3-. The van der Waals surface area contributed by atoms with Gasteiger partial charge in [-0.15, -0.1) is 0 Å². The van der Waals surface area contributed by atoms with Crippen LogP contribution in [0.15, 0.2) is 11.6 Å². The fourth-order valence-electron chi connectivity index (χ4n) is 1.20. The lowest BCUT2D eigenvalue weighted by Gasteiger charge is -2.12. The van der Waals surface area contributed by atoms with Crippen LogP contribution in [0.2, 0.25) is 0 Å². The molecule has 1 atom stereocenters. The second-order valence-corrected chi connectivity index (χ2v) is 2.98. The number of ether oxygens (including phenoxy) is 1. The van der Waals surface area contributed by atoms with E-state index >= 15 is 0 Å². The number of aldehydes is 1. The molecule has 0 heterocycles. The van der Waals surface area contributed by atoms with Gasteiger partial charge in [-0.25, -0.2) is 0 Å². The SMILES string of the molecule is C/C=C(/C=O)C(CC(=O)O)CC(=O)OC. The van der Waals surface area contributed by atoms with Crippen molar-refractivity contribution in [2.45, 2.75) is 19.8 Å². The summed E-state index contributed by atoms with van der Waals surface area (Å²) in [5.41, 5.74) is 0.308.